The van der Waals surface area contributed by atoms with Gasteiger partial charge < -0.3 is 5.32 Å². The van der Waals surface area contributed by atoms with Crippen molar-refractivity contribution in [1.29, 1.82) is 0 Å². The first-order chi connectivity index (χ1) is 9.58. The number of rotatable bonds is 5. The molecule has 20 heavy (non-hydrogen) atoms. The molecule has 0 amide bonds. The van der Waals surface area contributed by atoms with Gasteiger partial charge in [-0.15, -0.1) is 0 Å². The van der Waals surface area contributed by atoms with E-state index in [9.17, 15) is 4.39 Å². The summed E-state index contributed by atoms with van der Waals surface area (Å²) in [6, 6.07) is 15.7. The van der Waals surface area contributed by atoms with Gasteiger partial charge in [-0.2, -0.15) is 0 Å². The lowest BCUT2D eigenvalue weighted by atomic mass is 10.0. The lowest BCUT2D eigenvalue weighted by Crippen LogP contribution is -2.31. The topological polar surface area (TPSA) is 12.0 Å². The van der Waals surface area contributed by atoms with E-state index in [2.05, 4.69) is 43.4 Å². The van der Waals surface area contributed by atoms with Crippen LogP contribution in [0.25, 0.3) is 0 Å². The summed E-state index contributed by atoms with van der Waals surface area (Å²) in [4.78, 5) is 0. The van der Waals surface area contributed by atoms with Crippen molar-refractivity contribution in [3.8, 4) is 0 Å². The maximum atomic E-state index is 13.7. The minimum atomic E-state index is -0.143. The maximum absolute atomic E-state index is 13.7. The van der Waals surface area contributed by atoms with Crippen molar-refractivity contribution in [3.63, 3.8) is 0 Å². The summed E-state index contributed by atoms with van der Waals surface area (Å²) in [6.45, 7) is 6.28. The van der Waals surface area contributed by atoms with Crippen LogP contribution >= 0.6 is 0 Å². The molecule has 2 atom stereocenters. The molecule has 1 N–H and O–H groups in total. The van der Waals surface area contributed by atoms with Crippen LogP contribution in [0.4, 0.5) is 4.39 Å². The van der Waals surface area contributed by atoms with E-state index in [0.29, 0.717) is 6.04 Å². The molecule has 2 heteroatoms. The van der Waals surface area contributed by atoms with Crippen molar-refractivity contribution in [1.82, 2.24) is 5.32 Å². The van der Waals surface area contributed by atoms with Gasteiger partial charge in [-0.3, -0.25) is 0 Å². The molecular weight excluding hydrogens is 249 g/mol. The molecule has 0 aromatic heterocycles. The van der Waals surface area contributed by atoms with E-state index in [4.69, 9.17) is 0 Å². The van der Waals surface area contributed by atoms with Crippen LogP contribution < -0.4 is 5.32 Å². The lowest BCUT2D eigenvalue weighted by Gasteiger charge is -2.21. The highest BCUT2D eigenvalue weighted by molar-refractivity contribution is 5.26. The first kappa shape index (κ1) is 14.7. The van der Waals surface area contributed by atoms with Gasteiger partial charge in [0.2, 0.25) is 0 Å². The minimum Gasteiger partial charge on any atom is -0.307 e. The summed E-state index contributed by atoms with van der Waals surface area (Å²) < 4.78 is 13.7. The molecule has 2 aromatic carbocycles. The molecule has 0 aliphatic carbocycles. The summed E-state index contributed by atoms with van der Waals surface area (Å²) in [5.41, 5.74) is 3.37. The molecule has 2 rings (SSSR count). The van der Waals surface area contributed by atoms with Gasteiger partial charge in [-0.05, 0) is 44.4 Å². The zero-order chi connectivity index (χ0) is 14.5. The van der Waals surface area contributed by atoms with Crippen LogP contribution in [0.1, 0.15) is 36.6 Å². The average Bonchev–Trinajstić information content (AvgIpc) is 2.41. The molecule has 0 aliphatic heterocycles. The fourth-order valence-corrected chi connectivity index (χ4v) is 2.57. The van der Waals surface area contributed by atoms with Crippen molar-refractivity contribution < 1.29 is 4.39 Å². The van der Waals surface area contributed by atoms with Gasteiger partial charge >= 0.3 is 0 Å². The second-order valence-electron chi connectivity index (χ2n) is 5.44. The number of hydrogen-bond acceptors (Lipinski definition) is 1. The normalized spacial score (nSPS) is 14.0. The molecule has 0 fully saturated rings. The first-order valence-corrected chi connectivity index (χ1v) is 7.13. The number of nitrogens with one attached hydrogen (secondary N) is 1. The van der Waals surface area contributed by atoms with Crippen molar-refractivity contribution in [2.45, 2.75) is 39.3 Å². The third kappa shape index (κ3) is 3.67. The fourth-order valence-electron chi connectivity index (χ4n) is 2.57. The molecule has 0 heterocycles. The molecule has 0 radical (unpaired) electrons. The Morgan fingerprint density at radius 2 is 1.65 bits per heavy atom. The van der Waals surface area contributed by atoms with Crippen molar-refractivity contribution in [2.75, 3.05) is 0 Å². The minimum absolute atomic E-state index is 0.00946. The van der Waals surface area contributed by atoms with E-state index in [1.54, 1.807) is 6.07 Å². The van der Waals surface area contributed by atoms with Gasteiger partial charge in [-0.1, -0.05) is 42.5 Å². The van der Waals surface area contributed by atoms with Gasteiger partial charge in [0.1, 0.15) is 5.82 Å². The molecule has 0 saturated heterocycles. The van der Waals surface area contributed by atoms with E-state index >= 15 is 0 Å². The maximum Gasteiger partial charge on any atom is 0.127 e. The summed E-state index contributed by atoms with van der Waals surface area (Å²) in [7, 11) is 0. The van der Waals surface area contributed by atoms with E-state index < -0.39 is 0 Å². The van der Waals surface area contributed by atoms with Crippen LogP contribution in [0.3, 0.4) is 0 Å². The Morgan fingerprint density at radius 3 is 2.35 bits per heavy atom. The Morgan fingerprint density at radius 1 is 1.00 bits per heavy atom. The van der Waals surface area contributed by atoms with Gasteiger partial charge in [0.25, 0.3) is 0 Å². The largest absolute Gasteiger partial charge is 0.307 e. The predicted molar refractivity (Wildman–Crippen MR) is 82.3 cm³/mol. The summed E-state index contributed by atoms with van der Waals surface area (Å²) in [6.07, 6.45) is 0.950. The van der Waals surface area contributed by atoms with Gasteiger partial charge in [0, 0.05) is 17.6 Å². The molecule has 0 bridgehead atoms. The molecule has 2 aromatic rings. The molecule has 0 aliphatic rings. The number of hydrogen-bond donors (Lipinski definition) is 1. The molecule has 2 unspecified atom stereocenters. The Bertz CT molecular complexity index is 565. The van der Waals surface area contributed by atoms with Crippen LogP contribution in [-0.4, -0.2) is 6.04 Å². The summed E-state index contributed by atoms with van der Waals surface area (Å²) in [5, 5.41) is 3.47. The third-order valence-electron chi connectivity index (χ3n) is 3.69. The predicted octanol–water partition coefficient (Wildman–Crippen LogP) is 4.42. The fraction of sp³-hybridized carbons (Fsp3) is 0.333. The van der Waals surface area contributed by atoms with Gasteiger partial charge in [-0.25, -0.2) is 4.39 Å². The number of aryl methyl sites for hydroxylation is 1. The molecular formula is C18H22FN. The van der Waals surface area contributed by atoms with E-state index in [-0.39, 0.29) is 11.9 Å². The lowest BCUT2D eigenvalue weighted by molar-refractivity contribution is 0.460. The highest BCUT2D eigenvalue weighted by Crippen LogP contribution is 2.18. The van der Waals surface area contributed by atoms with Crippen LogP contribution in [-0.2, 0) is 6.42 Å². The third-order valence-corrected chi connectivity index (χ3v) is 3.69. The second kappa shape index (κ2) is 6.67. The zero-order valence-corrected chi connectivity index (χ0v) is 12.4. The second-order valence-corrected chi connectivity index (χ2v) is 5.44. The Hall–Kier alpha value is -1.67. The smallest absolute Gasteiger partial charge is 0.127 e. The summed E-state index contributed by atoms with van der Waals surface area (Å²) >= 11 is 0. The zero-order valence-electron chi connectivity index (χ0n) is 12.4. The van der Waals surface area contributed by atoms with Crippen LogP contribution in [0.2, 0.25) is 0 Å². The van der Waals surface area contributed by atoms with Crippen molar-refractivity contribution >= 4 is 0 Å². The van der Waals surface area contributed by atoms with Gasteiger partial charge in [0.05, 0.1) is 0 Å². The highest BCUT2D eigenvalue weighted by atomic mass is 19.1. The van der Waals surface area contributed by atoms with Crippen LogP contribution in [0.5, 0.6) is 0 Å². The Labute approximate surface area is 120 Å². The monoisotopic (exact) mass is 271 g/mol. The van der Waals surface area contributed by atoms with Crippen LogP contribution in [0, 0.1) is 12.7 Å². The highest BCUT2D eigenvalue weighted by Gasteiger charge is 2.13. The van der Waals surface area contributed by atoms with Crippen LogP contribution in [0.15, 0.2) is 48.5 Å². The van der Waals surface area contributed by atoms with E-state index in [1.807, 2.05) is 19.1 Å². The molecule has 0 spiro atoms. The first-order valence-electron chi connectivity index (χ1n) is 7.13. The van der Waals surface area contributed by atoms with Crippen molar-refractivity contribution in [3.05, 3.63) is 71.0 Å². The van der Waals surface area contributed by atoms with Crippen molar-refractivity contribution in [2.24, 2.45) is 0 Å². The quantitative estimate of drug-likeness (QED) is 0.849. The standard InChI is InChI=1S/C18H22FN/c1-13-8-4-5-9-16(13)12-14(2)20-15(3)17-10-6-7-11-18(17)19/h4-11,14-15,20H,12H2,1-3H3. The Balaban J connectivity index is 2.00. The molecule has 106 valence electrons. The Kier molecular flexibility index (Phi) is 4.91. The van der Waals surface area contributed by atoms with Gasteiger partial charge in [0.15, 0.2) is 0 Å². The summed E-state index contributed by atoms with van der Waals surface area (Å²) in [5.74, 6) is -0.143. The van der Waals surface area contributed by atoms with E-state index in [1.165, 1.54) is 17.2 Å². The van der Waals surface area contributed by atoms with E-state index in [0.717, 1.165) is 12.0 Å². The average molecular weight is 271 g/mol. The molecule has 1 nitrogen and oxygen atoms in total. The molecule has 0 saturated carbocycles. The SMILES string of the molecule is Cc1ccccc1CC(C)NC(C)c1ccccc1F. The number of benzene rings is 2. The number of halogens is 1.